The summed E-state index contributed by atoms with van der Waals surface area (Å²) in [6.45, 7) is 7.61. The van der Waals surface area contributed by atoms with E-state index >= 15 is 0 Å². The second-order valence-corrected chi connectivity index (χ2v) is 6.38. The first-order valence-electron chi connectivity index (χ1n) is 7.14. The number of urea groups is 1. The molecule has 5 nitrogen and oxygen atoms in total. The number of aromatic carboxylic acids is 1. The number of carbonyl (C=O) groups excluding carboxylic acids is 1. The van der Waals surface area contributed by atoms with E-state index in [1.54, 1.807) is 13.0 Å². The summed E-state index contributed by atoms with van der Waals surface area (Å²) in [5.74, 6) is -0.542. The molecule has 0 heterocycles. The van der Waals surface area contributed by atoms with Crippen molar-refractivity contribution in [1.29, 1.82) is 0 Å². The van der Waals surface area contributed by atoms with E-state index in [4.69, 9.17) is 0 Å². The molecule has 0 saturated heterocycles. The minimum Gasteiger partial charge on any atom is -0.478 e. The number of hydrogen-bond acceptors (Lipinski definition) is 2. The summed E-state index contributed by atoms with van der Waals surface area (Å²) < 4.78 is 0. The number of rotatable bonds is 4. The fourth-order valence-electron chi connectivity index (χ4n) is 2.65. The number of benzene rings is 1. The minimum atomic E-state index is -1.04. The van der Waals surface area contributed by atoms with Crippen molar-refractivity contribution in [3.05, 3.63) is 28.8 Å². The molecule has 1 aliphatic carbocycles. The SMILES string of the molecule is Cc1cc(C)c(NC(=O)NC(C)(C)C2CC2)c(C(=O)O)c1. The van der Waals surface area contributed by atoms with E-state index in [1.807, 2.05) is 26.8 Å². The first-order valence-corrected chi connectivity index (χ1v) is 7.14. The zero-order valence-corrected chi connectivity index (χ0v) is 12.9. The third-order valence-corrected chi connectivity index (χ3v) is 3.98. The first-order chi connectivity index (χ1) is 9.70. The Labute approximate surface area is 124 Å². The Morgan fingerprint density at radius 2 is 1.86 bits per heavy atom. The van der Waals surface area contributed by atoms with Gasteiger partial charge in [0.15, 0.2) is 0 Å². The van der Waals surface area contributed by atoms with E-state index < -0.39 is 5.97 Å². The Hall–Kier alpha value is -2.04. The first kappa shape index (κ1) is 15.4. The smallest absolute Gasteiger partial charge is 0.337 e. The predicted octanol–water partition coefficient (Wildman–Crippen LogP) is 3.31. The molecule has 21 heavy (non-hydrogen) atoms. The van der Waals surface area contributed by atoms with Gasteiger partial charge in [0.25, 0.3) is 0 Å². The fourth-order valence-corrected chi connectivity index (χ4v) is 2.65. The summed E-state index contributed by atoms with van der Waals surface area (Å²) in [5, 5.41) is 14.9. The maximum Gasteiger partial charge on any atom is 0.337 e. The second kappa shape index (κ2) is 5.39. The van der Waals surface area contributed by atoms with Gasteiger partial charge in [-0.1, -0.05) is 6.07 Å². The zero-order chi connectivity index (χ0) is 15.8. The number of amides is 2. The zero-order valence-electron chi connectivity index (χ0n) is 12.9. The monoisotopic (exact) mass is 290 g/mol. The highest BCUT2D eigenvalue weighted by Crippen LogP contribution is 2.39. The van der Waals surface area contributed by atoms with Crippen LogP contribution in [0.3, 0.4) is 0 Å². The van der Waals surface area contributed by atoms with Gasteiger partial charge in [0, 0.05) is 5.54 Å². The van der Waals surface area contributed by atoms with Crippen molar-refractivity contribution in [2.75, 3.05) is 5.32 Å². The van der Waals surface area contributed by atoms with E-state index in [2.05, 4.69) is 10.6 Å². The number of nitrogens with one attached hydrogen (secondary N) is 2. The summed E-state index contributed by atoms with van der Waals surface area (Å²) in [4.78, 5) is 23.5. The van der Waals surface area contributed by atoms with Crippen LogP contribution in [0.15, 0.2) is 12.1 Å². The van der Waals surface area contributed by atoms with Gasteiger partial charge in [-0.05, 0) is 63.6 Å². The summed E-state index contributed by atoms with van der Waals surface area (Å²) in [7, 11) is 0. The summed E-state index contributed by atoms with van der Waals surface area (Å²) in [6.07, 6.45) is 2.24. The van der Waals surface area contributed by atoms with E-state index in [0.29, 0.717) is 11.6 Å². The standard InChI is InChI=1S/C16H22N2O3/c1-9-7-10(2)13(12(8-9)14(19)20)17-15(21)18-16(3,4)11-5-6-11/h7-8,11H,5-6H2,1-4H3,(H,19,20)(H2,17,18,21). The van der Waals surface area contributed by atoms with Crippen molar-refractivity contribution in [3.63, 3.8) is 0 Å². The molecule has 1 aliphatic rings. The fraction of sp³-hybridized carbons (Fsp3) is 0.500. The van der Waals surface area contributed by atoms with Gasteiger partial charge < -0.3 is 15.7 Å². The number of carboxylic acid groups (broad SMARTS) is 1. The Morgan fingerprint density at radius 1 is 1.24 bits per heavy atom. The normalized spacial score (nSPS) is 14.7. The third-order valence-electron chi connectivity index (χ3n) is 3.98. The molecule has 0 aromatic heterocycles. The van der Waals surface area contributed by atoms with Gasteiger partial charge in [-0.2, -0.15) is 0 Å². The van der Waals surface area contributed by atoms with Crippen molar-refractivity contribution in [2.45, 2.75) is 46.1 Å². The van der Waals surface area contributed by atoms with E-state index in [0.717, 1.165) is 24.0 Å². The van der Waals surface area contributed by atoms with Crippen LogP contribution in [-0.2, 0) is 0 Å². The quantitative estimate of drug-likeness (QED) is 0.796. The molecule has 1 fully saturated rings. The molecular formula is C16H22N2O3. The number of carboxylic acids is 1. The number of anilines is 1. The summed E-state index contributed by atoms with van der Waals surface area (Å²) in [5.41, 5.74) is 1.80. The predicted molar refractivity (Wildman–Crippen MR) is 81.8 cm³/mol. The Balaban J connectivity index is 2.19. The molecule has 0 spiro atoms. The van der Waals surface area contributed by atoms with Crippen molar-refractivity contribution < 1.29 is 14.7 Å². The highest BCUT2D eigenvalue weighted by atomic mass is 16.4. The van der Waals surface area contributed by atoms with Gasteiger partial charge in [-0.25, -0.2) is 9.59 Å². The van der Waals surface area contributed by atoms with Gasteiger partial charge in [0.1, 0.15) is 0 Å². The van der Waals surface area contributed by atoms with Gasteiger partial charge in [-0.3, -0.25) is 0 Å². The molecule has 0 aliphatic heterocycles. The van der Waals surface area contributed by atoms with Crippen LogP contribution in [0.2, 0.25) is 0 Å². The Bertz CT molecular complexity index is 589. The Morgan fingerprint density at radius 3 is 2.38 bits per heavy atom. The molecule has 2 rings (SSSR count). The minimum absolute atomic E-state index is 0.117. The van der Waals surface area contributed by atoms with Crippen molar-refractivity contribution in [1.82, 2.24) is 5.32 Å². The van der Waals surface area contributed by atoms with Crippen molar-refractivity contribution in [3.8, 4) is 0 Å². The van der Waals surface area contributed by atoms with Gasteiger partial charge in [0.05, 0.1) is 11.3 Å². The average molecular weight is 290 g/mol. The average Bonchev–Trinajstić information content (AvgIpc) is 3.15. The van der Waals surface area contributed by atoms with Crippen molar-refractivity contribution in [2.24, 2.45) is 5.92 Å². The van der Waals surface area contributed by atoms with Crippen LogP contribution < -0.4 is 10.6 Å². The van der Waals surface area contributed by atoms with Crippen LogP contribution in [0, 0.1) is 19.8 Å². The largest absolute Gasteiger partial charge is 0.478 e. The van der Waals surface area contributed by atoms with Crippen LogP contribution in [0.25, 0.3) is 0 Å². The lowest BCUT2D eigenvalue weighted by Gasteiger charge is -2.26. The molecular weight excluding hydrogens is 268 g/mol. The topological polar surface area (TPSA) is 78.4 Å². The number of carbonyl (C=O) groups is 2. The highest BCUT2D eigenvalue weighted by Gasteiger charge is 2.38. The molecule has 5 heteroatoms. The molecule has 1 aromatic carbocycles. The van der Waals surface area contributed by atoms with Crippen LogP contribution in [-0.4, -0.2) is 22.6 Å². The lowest BCUT2D eigenvalue weighted by molar-refractivity contribution is 0.0698. The molecule has 0 unspecified atom stereocenters. The second-order valence-electron chi connectivity index (χ2n) is 6.38. The highest BCUT2D eigenvalue weighted by molar-refractivity contribution is 6.01. The van der Waals surface area contributed by atoms with E-state index in [1.165, 1.54) is 0 Å². The molecule has 3 N–H and O–H groups in total. The van der Waals surface area contributed by atoms with Gasteiger partial charge in [0.2, 0.25) is 0 Å². The van der Waals surface area contributed by atoms with Crippen molar-refractivity contribution >= 4 is 17.7 Å². The molecule has 0 radical (unpaired) electrons. The number of aryl methyl sites for hydroxylation is 2. The van der Waals surface area contributed by atoms with E-state index in [9.17, 15) is 14.7 Å². The maximum absolute atomic E-state index is 12.2. The molecule has 1 aromatic rings. The van der Waals surface area contributed by atoms with Gasteiger partial charge in [-0.15, -0.1) is 0 Å². The molecule has 1 saturated carbocycles. The molecule has 114 valence electrons. The van der Waals surface area contributed by atoms with Gasteiger partial charge >= 0.3 is 12.0 Å². The maximum atomic E-state index is 12.2. The third kappa shape index (κ3) is 3.54. The van der Waals surface area contributed by atoms with Crippen LogP contribution in [0.1, 0.15) is 48.2 Å². The molecule has 0 bridgehead atoms. The lowest BCUT2D eigenvalue weighted by atomic mass is 9.99. The summed E-state index contributed by atoms with van der Waals surface area (Å²) in [6, 6.07) is 3.06. The molecule has 0 atom stereocenters. The lowest BCUT2D eigenvalue weighted by Crippen LogP contribution is -2.47. The van der Waals surface area contributed by atoms with Crippen LogP contribution >= 0.6 is 0 Å². The number of hydrogen-bond donors (Lipinski definition) is 3. The summed E-state index contributed by atoms with van der Waals surface area (Å²) >= 11 is 0. The van der Waals surface area contributed by atoms with E-state index in [-0.39, 0.29) is 17.1 Å². The van der Waals surface area contributed by atoms with Crippen LogP contribution in [0.5, 0.6) is 0 Å². The van der Waals surface area contributed by atoms with Crippen LogP contribution in [0.4, 0.5) is 10.5 Å². The Kier molecular flexibility index (Phi) is 3.94. The molecule has 2 amide bonds.